The van der Waals surface area contributed by atoms with Crippen LogP contribution >= 0.6 is 27.3 Å². The van der Waals surface area contributed by atoms with Gasteiger partial charge in [0, 0.05) is 10.4 Å². The number of hydrogen-bond acceptors (Lipinski definition) is 3. The lowest BCUT2D eigenvalue weighted by molar-refractivity contribution is -0.918. The summed E-state index contributed by atoms with van der Waals surface area (Å²) in [4.78, 5) is 2.84. The summed E-state index contributed by atoms with van der Waals surface area (Å²) in [6.07, 6.45) is 1.97. The first-order valence-corrected chi connectivity index (χ1v) is 9.23. The summed E-state index contributed by atoms with van der Waals surface area (Å²) in [5.41, 5.74) is 2.76. The topological polar surface area (TPSA) is 20.0 Å². The smallest absolute Gasteiger partial charge is 0.103 e. The summed E-state index contributed by atoms with van der Waals surface area (Å²) in [5, 5.41) is 6.79. The van der Waals surface area contributed by atoms with E-state index in [4.69, 9.17) is 0 Å². The summed E-state index contributed by atoms with van der Waals surface area (Å²) in [6, 6.07) is 13.1. The molecular weight excluding hydrogens is 358 g/mol. The average molecular weight is 379 g/mol. The Balaban J connectivity index is 1.48. The van der Waals surface area contributed by atoms with Crippen LogP contribution < -0.4 is 4.90 Å². The van der Waals surface area contributed by atoms with Gasteiger partial charge in [0.1, 0.15) is 6.54 Å². The minimum absolute atomic E-state index is 1.03. The zero-order valence-corrected chi connectivity index (χ0v) is 15.2. The molecule has 0 bridgehead atoms. The van der Waals surface area contributed by atoms with Crippen LogP contribution in [0.4, 0.5) is 0 Å². The quantitative estimate of drug-likeness (QED) is 0.810. The Kier molecular flexibility index (Phi) is 5.28. The van der Waals surface area contributed by atoms with Crippen molar-refractivity contribution in [1.29, 1.82) is 0 Å². The van der Waals surface area contributed by atoms with E-state index in [1.54, 1.807) is 16.2 Å². The van der Waals surface area contributed by atoms with Crippen molar-refractivity contribution in [3.8, 4) is 0 Å². The number of quaternary nitrogens is 1. The first-order valence-electron chi connectivity index (χ1n) is 7.62. The molecule has 5 heteroatoms. The van der Waals surface area contributed by atoms with Gasteiger partial charge in [-0.1, -0.05) is 29.8 Å². The van der Waals surface area contributed by atoms with Crippen molar-refractivity contribution in [1.82, 2.24) is 5.01 Å². The lowest BCUT2D eigenvalue weighted by atomic mass is 10.1. The normalized spacial score (nSPS) is 16.5. The van der Waals surface area contributed by atoms with Crippen molar-refractivity contribution >= 4 is 33.5 Å². The van der Waals surface area contributed by atoms with Crippen LogP contribution in [0.25, 0.3) is 0 Å². The summed E-state index contributed by atoms with van der Waals surface area (Å²) in [5.74, 6) is 0. The largest absolute Gasteiger partial charge is 0.328 e. The van der Waals surface area contributed by atoms with Gasteiger partial charge in [-0.05, 0) is 35.0 Å². The molecule has 3 nitrogen and oxygen atoms in total. The Morgan fingerprint density at radius 1 is 1.18 bits per heavy atom. The Bertz CT molecular complexity index is 628. The van der Waals surface area contributed by atoms with E-state index < -0.39 is 0 Å². The molecule has 0 atom stereocenters. The maximum Gasteiger partial charge on any atom is 0.103 e. The van der Waals surface area contributed by atoms with Gasteiger partial charge in [0.15, 0.2) is 0 Å². The average Bonchev–Trinajstić information content (AvgIpc) is 2.94. The van der Waals surface area contributed by atoms with Crippen LogP contribution in [0.2, 0.25) is 0 Å². The van der Waals surface area contributed by atoms with Crippen molar-refractivity contribution < 1.29 is 4.90 Å². The third kappa shape index (κ3) is 4.41. The molecule has 0 amide bonds. The number of hydrazone groups is 1. The molecule has 1 saturated heterocycles. The molecule has 0 radical (unpaired) electrons. The Morgan fingerprint density at radius 3 is 2.55 bits per heavy atom. The van der Waals surface area contributed by atoms with Crippen LogP contribution in [0.15, 0.2) is 45.3 Å². The Morgan fingerprint density at radius 2 is 1.91 bits per heavy atom. The number of nitrogens with one attached hydrogen (secondary N) is 1. The van der Waals surface area contributed by atoms with Gasteiger partial charge in [-0.25, -0.2) is 0 Å². The number of hydrogen-bond donors (Lipinski definition) is 1. The van der Waals surface area contributed by atoms with Crippen LogP contribution in [-0.2, 0) is 6.54 Å². The highest BCUT2D eigenvalue weighted by atomic mass is 79.9. The van der Waals surface area contributed by atoms with E-state index >= 15 is 0 Å². The maximum atomic E-state index is 4.60. The van der Waals surface area contributed by atoms with Gasteiger partial charge >= 0.3 is 0 Å². The van der Waals surface area contributed by atoms with E-state index in [2.05, 4.69) is 69.4 Å². The van der Waals surface area contributed by atoms with E-state index in [-0.39, 0.29) is 0 Å². The van der Waals surface area contributed by atoms with Crippen molar-refractivity contribution in [3.05, 3.63) is 56.2 Å². The number of nitrogens with zero attached hydrogens (tertiary/aromatic N) is 2. The zero-order chi connectivity index (χ0) is 15.4. The lowest BCUT2D eigenvalue weighted by Crippen LogP contribution is -3.13. The third-order valence-electron chi connectivity index (χ3n) is 3.96. The fourth-order valence-corrected chi connectivity index (χ4v) is 3.92. The number of thiophene rings is 1. The second kappa shape index (κ2) is 7.40. The van der Waals surface area contributed by atoms with Gasteiger partial charge in [0.25, 0.3) is 0 Å². The zero-order valence-electron chi connectivity index (χ0n) is 12.8. The molecule has 0 unspecified atom stereocenters. The van der Waals surface area contributed by atoms with Gasteiger partial charge in [0.2, 0.25) is 0 Å². The van der Waals surface area contributed by atoms with Gasteiger partial charge in [0.05, 0.1) is 36.2 Å². The molecule has 2 heterocycles. The van der Waals surface area contributed by atoms with E-state index in [0.717, 1.165) is 36.5 Å². The molecule has 1 fully saturated rings. The highest BCUT2D eigenvalue weighted by Crippen LogP contribution is 2.20. The Hall–Kier alpha value is -1.17. The van der Waals surface area contributed by atoms with Crippen molar-refractivity contribution in [2.45, 2.75) is 13.5 Å². The minimum Gasteiger partial charge on any atom is -0.328 e. The van der Waals surface area contributed by atoms with Gasteiger partial charge in [-0.15, -0.1) is 11.3 Å². The second-order valence-corrected chi connectivity index (χ2v) is 8.25. The molecule has 0 spiro atoms. The highest BCUT2D eigenvalue weighted by molar-refractivity contribution is 9.11. The molecule has 2 aromatic rings. The van der Waals surface area contributed by atoms with E-state index in [0.29, 0.717) is 0 Å². The summed E-state index contributed by atoms with van der Waals surface area (Å²) >= 11 is 5.20. The van der Waals surface area contributed by atoms with E-state index in [9.17, 15) is 0 Å². The van der Waals surface area contributed by atoms with Crippen molar-refractivity contribution in [2.75, 3.05) is 26.2 Å². The number of halogens is 1. The predicted molar refractivity (Wildman–Crippen MR) is 96.8 cm³/mol. The van der Waals surface area contributed by atoms with Gasteiger partial charge in [-0.2, -0.15) is 5.10 Å². The summed E-state index contributed by atoms with van der Waals surface area (Å²) in [6.45, 7) is 7.63. The first kappa shape index (κ1) is 15.7. The van der Waals surface area contributed by atoms with Crippen LogP contribution in [0.1, 0.15) is 16.0 Å². The summed E-state index contributed by atoms with van der Waals surface area (Å²) in [7, 11) is 0. The molecule has 0 aliphatic carbocycles. The van der Waals surface area contributed by atoms with Crippen molar-refractivity contribution in [2.24, 2.45) is 5.10 Å². The lowest BCUT2D eigenvalue weighted by Gasteiger charge is -2.30. The van der Waals surface area contributed by atoms with E-state index in [1.807, 2.05) is 6.21 Å². The molecule has 1 aromatic heterocycles. The molecule has 22 heavy (non-hydrogen) atoms. The molecular formula is C17H21BrN3S+. The SMILES string of the molecule is Cc1ccc(C[NH+]2CCN(N=Cc3ccc(Br)s3)CC2)cc1. The monoisotopic (exact) mass is 378 g/mol. The molecule has 3 rings (SSSR count). The standard InChI is InChI=1S/C17H20BrN3S/c1-14-2-4-15(5-3-14)13-20-8-10-21(11-9-20)19-12-16-6-7-17(18)22-16/h2-7,12H,8-11,13H2,1H3/p+1. The van der Waals surface area contributed by atoms with Crippen LogP contribution in [0.5, 0.6) is 0 Å². The fourth-order valence-electron chi connectivity index (χ4n) is 2.63. The first-order chi connectivity index (χ1) is 10.7. The highest BCUT2D eigenvalue weighted by Gasteiger charge is 2.18. The third-order valence-corrected chi connectivity index (χ3v) is 5.52. The van der Waals surface area contributed by atoms with Crippen LogP contribution in [0, 0.1) is 6.92 Å². The summed E-state index contributed by atoms with van der Waals surface area (Å²) < 4.78 is 1.15. The number of piperazine rings is 1. The number of benzene rings is 1. The molecule has 116 valence electrons. The number of rotatable bonds is 4. The molecule has 1 N–H and O–H groups in total. The van der Waals surface area contributed by atoms with Gasteiger partial charge in [-0.3, -0.25) is 5.01 Å². The van der Waals surface area contributed by atoms with Crippen LogP contribution in [-0.4, -0.2) is 37.4 Å². The minimum atomic E-state index is 1.03. The molecule has 1 aliphatic rings. The van der Waals surface area contributed by atoms with Crippen LogP contribution in [0.3, 0.4) is 0 Å². The fraction of sp³-hybridized carbons (Fsp3) is 0.353. The van der Waals surface area contributed by atoms with E-state index in [1.165, 1.54) is 16.0 Å². The molecule has 1 aromatic carbocycles. The molecule has 1 aliphatic heterocycles. The Labute approximate surface area is 144 Å². The molecule has 0 saturated carbocycles. The van der Waals surface area contributed by atoms with Gasteiger partial charge < -0.3 is 4.90 Å². The second-order valence-electron chi connectivity index (χ2n) is 5.75. The predicted octanol–water partition coefficient (Wildman–Crippen LogP) is 2.55. The maximum absolute atomic E-state index is 4.60. The number of aryl methyl sites for hydroxylation is 1. The van der Waals surface area contributed by atoms with Crippen molar-refractivity contribution in [3.63, 3.8) is 0 Å².